The van der Waals surface area contributed by atoms with Gasteiger partial charge in [-0.25, -0.2) is 0 Å². The number of hydrogen-bond donors (Lipinski definition) is 2. The van der Waals surface area contributed by atoms with Crippen molar-refractivity contribution in [1.82, 2.24) is 5.32 Å². The number of benzene rings is 1. The van der Waals surface area contributed by atoms with Gasteiger partial charge >= 0.3 is 0 Å². The number of amides is 2. The summed E-state index contributed by atoms with van der Waals surface area (Å²) >= 11 is 0. The summed E-state index contributed by atoms with van der Waals surface area (Å²) in [6.07, 6.45) is 0.127. The van der Waals surface area contributed by atoms with E-state index in [1.807, 2.05) is 0 Å². The molecule has 1 saturated heterocycles. The van der Waals surface area contributed by atoms with E-state index in [4.69, 9.17) is 10.5 Å². The van der Waals surface area contributed by atoms with Crippen molar-refractivity contribution in [3.8, 4) is 5.75 Å². The number of anilines is 1. The Morgan fingerprint density at radius 3 is 2.56 bits per heavy atom. The molecule has 5 nitrogen and oxygen atoms in total. The number of nitrogens with two attached hydrogens (primary N) is 1. The molecule has 1 aromatic rings. The lowest BCUT2D eigenvalue weighted by Crippen LogP contribution is -2.46. The lowest BCUT2D eigenvalue weighted by molar-refractivity contribution is -0.138. The predicted octanol–water partition coefficient (Wildman–Crippen LogP) is 0.453. The Labute approximate surface area is 92.6 Å². The van der Waals surface area contributed by atoms with Crippen LogP contribution in [0.15, 0.2) is 24.3 Å². The maximum Gasteiger partial charge on any atom is 0.267 e. The number of hydrogen-bond acceptors (Lipinski definition) is 4. The first kappa shape index (κ1) is 10.5. The fourth-order valence-corrected chi connectivity index (χ4v) is 1.50. The monoisotopic (exact) mass is 220 g/mol. The van der Waals surface area contributed by atoms with Crippen molar-refractivity contribution in [3.63, 3.8) is 0 Å². The average Bonchev–Trinajstić information content (AvgIpc) is 2.25. The van der Waals surface area contributed by atoms with E-state index in [1.54, 1.807) is 24.3 Å². The first-order valence-electron chi connectivity index (χ1n) is 5.01. The van der Waals surface area contributed by atoms with Gasteiger partial charge in [-0.1, -0.05) is 0 Å². The van der Waals surface area contributed by atoms with Crippen LogP contribution in [0, 0.1) is 0 Å². The number of piperidine rings is 1. The maximum absolute atomic E-state index is 11.4. The largest absolute Gasteiger partial charge is 0.481 e. The van der Waals surface area contributed by atoms with Crippen molar-refractivity contribution < 1.29 is 14.3 Å². The molecule has 2 amide bonds. The van der Waals surface area contributed by atoms with Gasteiger partial charge in [-0.05, 0) is 24.3 Å². The van der Waals surface area contributed by atoms with Crippen LogP contribution in [0.3, 0.4) is 0 Å². The van der Waals surface area contributed by atoms with Gasteiger partial charge in [-0.15, -0.1) is 0 Å². The quantitative estimate of drug-likeness (QED) is 0.560. The molecule has 1 unspecified atom stereocenters. The van der Waals surface area contributed by atoms with Gasteiger partial charge in [-0.2, -0.15) is 0 Å². The Hall–Kier alpha value is -2.04. The van der Waals surface area contributed by atoms with Gasteiger partial charge in [0.1, 0.15) is 5.75 Å². The molecule has 5 heteroatoms. The summed E-state index contributed by atoms with van der Waals surface area (Å²) in [6, 6.07) is 6.78. The molecule has 0 bridgehead atoms. The second-order valence-electron chi connectivity index (χ2n) is 3.63. The van der Waals surface area contributed by atoms with Crippen LogP contribution in [0.4, 0.5) is 5.69 Å². The molecule has 1 fully saturated rings. The van der Waals surface area contributed by atoms with E-state index >= 15 is 0 Å². The number of carbonyl (C=O) groups is 2. The summed E-state index contributed by atoms with van der Waals surface area (Å²) in [6.45, 7) is 0. The molecule has 0 spiro atoms. The van der Waals surface area contributed by atoms with E-state index in [-0.39, 0.29) is 11.8 Å². The van der Waals surface area contributed by atoms with E-state index in [0.717, 1.165) is 0 Å². The van der Waals surface area contributed by atoms with Crippen LogP contribution in [0.25, 0.3) is 0 Å². The second kappa shape index (κ2) is 4.22. The first-order chi connectivity index (χ1) is 7.65. The van der Waals surface area contributed by atoms with Crippen LogP contribution in [0.2, 0.25) is 0 Å². The fourth-order valence-electron chi connectivity index (χ4n) is 1.50. The Kier molecular flexibility index (Phi) is 2.76. The molecule has 1 atom stereocenters. The van der Waals surface area contributed by atoms with Gasteiger partial charge in [0.25, 0.3) is 5.91 Å². The molecule has 1 aromatic carbocycles. The summed E-state index contributed by atoms with van der Waals surface area (Å²) in [7, 11) is 0. The van der Waals surface area contributed by atoms with E-state index in [9.17, 15) is 9.59 Å². The molecule has 16 heavy (non-hydrogen) atoms. The molecule has 3 N–H and O–H groups in total. The molecule has 1 aliphatic rings. The van der Waals surface area contributed by atoms with Crippen LogP contribution in [-0.2, 0) is 9.59 Å². The van der Waals surface area contributed by atoms with Crippen LogP contribution in [-0.4, -0.2) is 17.9 Å². The van der Waals surface area contributed by atoms with Gasteiger partial charge < -0.3 is 10.5 Å². The van der Waals surface area contributed by atoms with Gasteiger partial charge in [0, 0.05) is 18.5 Å². The van der Waals surface area contributed by atoms with E-state index in [1.165, 1.54) is 0 Å². The highest BCUT2D eigenvalue weighted by Crippen LogP contribution is 2.17. The van der Waals surface area contributed by atoms with E-state index in [0.29, 0.717) is 24.3 Å². The highest BCUT2D eigenvalue weighted by Gasteiger charge is 2.27. The van der Waals surface area contributed by atoms with E-state index in [2.05, 4.69) is 5.32 Å². The lowest BCUT2D eigenvalue weighted by atomic mass is 10.1. The molecule has 2 rings (SSSR count). The molecule has 84 valence electrons. The predicted molar refractivity (Wildman–Crippen MR) is 57.7 cm³/mol. The maximum atomic E-state index is 11.4. The Bertz CT molecular complexity index is 414. The molecule has 0 radical (unpaired) electrons. The Morgan fingerprint density at radius 2 is 1.94 bits per heavy atom. The highest BCUT2D eigenvalue weighted by molar-refractivity contribution is 5.99. The van der Waals surface area contributed by atoms with Crippen LogP contribution >= 0.6 is 0 Å². The lowest BCUT2D eigenvalue weighted by Gasteiger charge is -2.21. The molecule has 0 saturated carbocycles. The zero-order chi connectivity index (χ0) is 11.5. The summed E-state index contributed by atoms with van der Waals surface area (Å²) in [5.41, 5.74) is 6.16. The Balaban J connectivity index is 2.02. The highest BCUT2D eigenvalue weighted by atomic mass is 16.5. The number of imide groups is 1. The summed E-state index contributed by atoms with van der Waals surface area (Å²) in [5, 5.41) is 2.23. The van der Waals surface area contributed by atoms with E-state index < -0.39 is 6.10 Å². The third-order valence-electron chi connectivity index (χ3n) is 2.35. The molecule has 0 aromatic heterocycles. The molecule has 0 aliphatic carbocycles. The van der Waals surface area contributed by atoms with Crippen molar-refractivity contribution in [3.05, 3.63) is 24.3 Å². The summed E-state index contributed by atoms with van der Waals surface area (Å²) in [5.74, 6) is -0.0565. The van der Waals surface area contributed by atoms with Gasteiger partial charge in [0.2, 0.25) is 5.91 Å². The fraction of sp³-hybridized carbons (Fsp3) is 0.273. The topological polar surface area (TPSA) is 81.4 Å². The third-order valence-corrected chi connectivity index (χ3v) is 2.35. The van der Waals surface area contributed by atoms with Crippen molar-refractivity contribution in [2.45, 2.75) is 18.9 Å². The standard InChI is InChI=1S/C11H12N2O3/c12-7-1-3-8(4-2-7)16-9-5-6-10(14)13-11(9)15/h1-4,9H,5-6,12H2,(H,13,14,15). The zero-order valence-electron chi connectivity index (χ0n) is 8.60. The van der Waals surface area contributed by atoms with Crippen LogP contribution < -0.4 is 15.8 Å². The van der Waals surface area contributed by atoms with Crippen LogP contribution in [0.5, 0.6) is 5.75 Å². The SMILES string of the molecule is Nc1ccc(OC2CCC(=O)NC2=O)cc1. The number of ether oxygens (including phenoxy) is 1. The minimum absolute atomic E-state index is 0.248. The number of carbonyl (C=O) groups excluding carboxylic acids is 2. The first-order valence-corrected chi connectivity index (χ1v) is 5.01. The molecular formula is C11H12N2O3. The minimum Gasteiger partial charge on any atom is -0.481 e. The van der Waals surface area contributed by atoms with Crippen molar-refractivity contribution in [2.75, 3.05) is 5.73 Å². The normalized spacial score (nSPS) is 20.4. The van der Waals surface area contributed by atoms with Crippen molar-refractivity contribution >= 4 is 17.5 Å². The molecule has 1 aliphatic heterocycles. The van der Waals surface area contributed by atoms with Gasteiger partial charge in [0.05, 0.1) is 0 Å². The van der Waals surface area contributed by atoms with Crippen molar-refractivity contribution in [2.24, 2.45) is 0 Å². The molecular weight excluding hydrogens is 208 g/mol. The summed E-state index contributed by atoms with van der Waals surface area (Å²) in [4.78, 5) is 22.3. The third kappa shape index (κ3) is 2.31. The number of rotatable bonds is 2. The smallest absolute Gasteiger partial charge is 0.267 e. The molecule has 1 heterocycles. The van der Waals surface area contributed by atoms with Crippen molar-refractivity contribution in [1.29, 1.82) is 0 Å². The zero-order valence-corrected chi connectivity index (χ0v) is 8.60. The second-order valence-corrected chi connectivity index (χ2v) is 3.63. The van der Waals surface area contributed by atoms with Gasteiger partial charge in [-0.3, -0.25) is 14.9 Å². The van der Waals surface area contributed by atoms with Crippen LogP contribution in [0.1, 0.15) is 12.8 Å². The number of nitrogens with one attached hydrogen (secondary N) is 1. The summed E-state index contributed by atoms with van der Waals surface area (Å²) < 4.78 is 5.45. The number of nitrogen functional groups attached to an aromatic ring is 1. The average molecular weight is 220 g/mol. The van der Waals surface area contributed by atoms with Gasteiger partial charge in [0.15, 0.2) is 6.10 Å². The minimum atomic E-state index is -0.596. The Morgan fingerprint density at radius 1 is 1.25 bits per heavy atom.